The minimum atomic E-state index is -1.01. The van der Waals surface area contributed by atoms with Crippen molar-refractivity contribution in [1.82, 2.24) is 4.90 Å². The zero-order valence-electron chi connectivity index (χ0n) is 15.1. The lowest BCUT2D eigenvalue weighted by atomic mass is 9.95. The van der Waals surface area contributed by atoms with Gasteiger partial charge in [-0.3, -0.25) is 4.90 Å². The van der Waals surface area contributed by atoms with Gasteiger partial charge in [-0.2, -0.15) is 0 Å². The van der Waals surface area contributed by atoms with Crippen molar-refractivity contribution >= 4 is 12.3 Å². The van der Waals surface area contributed by atoms with Crippen LogP contribution in [0.15, 0.2) is 39.7 Å². The highest BCUT2D eigenvalue weighted by Gasteiger charge is 2.43. The predicted molar refractivity (Wildman–Crippen MR) is 95.4 cm³/mol. The van der Waals surface area contributed by atoms with Crippen molar-refractivity contribution in [2.75, 3.05) is 34.0 Å². The van der Waals surface area contributed by atoms with Crippen LogP contribution in [0.2, 0.25) is 0 Å². The molecule has 8 nitrogen and oxygen atoms in total. The molecular formula is C18H24N4O4. The van der Waals surface area contributed by atoms with Gasteiger partial charge in [0, 0.05) is 26.2 Å². The molecule has 0 N–H and O–H groups in total. The van der Waals surface area contributed by atoms with Gasteiger partial charge in [-0.1, -0.05) is 18.2 Å². The molecule has 8 heteroatoms. The maximum absolute atomic E-state index is 12.6. The summed E-state index contributed by atoms with van der Waals surface area (Å²) >= 11 is 0. The Kier molecular flexibility index (Phi) is 5.82. The fourth-order valence-corrected chi connectivity index (χ4v) is 3.36. The van der Waals surface area contributed by atoms with Crippen LogP contribution in [0, 0.1) is 5.92 Å². The third-order valence-corrected chi connectivity index (χ3v) is 4.82. The molecule has 0 spiro atoms. The number of carbonyl (C=O) groups is 1. The molecule has 1 aromatic rings. The van der Waals surface area contributed by atoms with Gasteiger partial charge >= 0.3 is 6.09 Å². The minimum absolute atomic E-state index is 0.321. The van der Waals surface area contributed by atoms with Crippen LogP contribution in [0.4, 0.5) is 4.79 Å². The Hall–Kier alpha value is -2.48. The third-order valence-electron chi connectivity index (χ3n) is 4.82. The first kappa shape index (κ1) is 18.3. The average molecular weight is 360 g/mol. The maximum Gasteiger partial charge on any atom is 0.411 e. The summed E-state index contributed by atoms with van der Waals surface area (Å²) in [4.78, 5) is 14.2. The molecule has 1 aromatic carbocycles. The summed E-state index contributed by atoms with van der Waals surface area (Å²) in [5.74, 6) is 1.06. The van der Waals surface area contributed by atoms with Gasteiger partial charge in [0.25, 0.3) is 0 Å². The van der Waals surface area contributed by atoms with Gasteiger partial charge < -0.3 is 14.2 Å². The Labute approximate surface area is 152 Å². The molecule has 2 aliphatic rings. The molecule has 140 valence electrons. The predicted octanol–water partition coefficient (Wildman–Crippen LogP) is 2.88. The van der Waals surface area contributed by atoms with Crippen molar-refractivity contribution in [3.8, 4) is 5.75 Å². The number of ether oxygens (including phenoxy) is 3. The van der Waals surface area contributed by atoms with Gasteiger partial charge in [0.2, 0.25) is 5.66 Å². The molecule has 2 aliphatic heterocycles. The number of rotatable bonds is 6. The fraction of sp³-hybridized carbons (Fsp3) is 0.556. The summed E-state index contributed by atoms with van der Waals surface area (Å²) in [6.07, 6.45) is 3.36. The summed E-state index contributed by atoms with van der Waals surface area (Å²) in [7, 11) is 3.00. The first-order chi connectivity index (χ1) is 12.7. The molecule has 0 saturated carbocycles. The molecule has 0 aliphatic carbocycles. The van der Waals surface area contributed by atoms with E-state index in [4.69, 9.17) is 14.2 Å². The Morgan fingerprint density at radius 1 is 1.31 bits per heavy atom. The molecule has 1 amide bonds. The van der Waals surface area contributed by atoms with E-state index in [9.17, 15) is 4.79 Å². The second-order valence-electron chi connectivity index (χ2n) is 6.44. The Balaban J connectivity index is 1.90. The van der Waals surface area contributed by atoms with Crippen LogP contribution in [0.25, 0.3) is 0 Å². The molecule has 0 aromatic heterocycles. The molecule has 0 radical (unpaired) electrons. The van der Waals surface area contributed by atoms with E-state index in [1.807, 2.05) is 24.3 Å². The molecule has 2 heterocycles. The standard InChI is InChI=1S/C18H24N4O4/c1-24-16-6-4-3-5-15(16)11-18(13-19-21-20-18)22(17(23)25-2)12-14-7-9-26-10-8-14/h3-6,13-14H,7-12H2,1-2H3. The number of benzene rings is 1. The zero-order chi connectivity index (χ0) is 18.4. The van der Waals surface area contributed by atoms with Crippen LogP contribution in [0.3, 0.4) is 0 Å². The molecule has 1 saturated heterocycles. The second-order valence-corrected chi connectivity index (χ2v) is 6.44. The number of nitrogens with zero attached hydrogens (tertiary/aromatic N) is 4. The van der Waals surface area contributed by atoms with E-state index in [1.54, 1.807) is 18.2 Å². The summed E-state index contributed by atoms with van der Waals surface area (Å²) < 4.78 is 15.9. The van der Waals surface area contributed by atoms with Gasteiger partial charge in [-0.05, 0) is 35.6 Å². The van der Waals surface area contributed by atoms with Crippen molar-refractivity contribution in [2.24, 2.45) is 21.4 Å². The lowest BCUT2D eigenvalue weighted by Crippen LogP contribution is -2.54. The van der Waals surface area contributed by atoms with E-state index in [2.05, 4.69) is 15.4 Å². The van der Waals surface area contributed by atoms with E-state index < -0.39 is 11.8 Å². The second kappa shape index (κ2) is 8.27. The van der Waals surface area contributed by atoms with Crippen molar-refractivity contribution in [2.45, 2.75) is 24.9 Å². The number of hydrogen-bond donors (Lipinski definition) is 0. The quantitative estimate of drug-likeness (QED) is 0.781. The Bertz CT molecular complexity index is 674. The van der Waals surface area contributed by atoms with Gasteiger partial charge in [-0.25, -0.2) is 4.79 Å². The maximum atomic E-state index is 12.6. The Morgan fingerprint density at radius 3 is 2.73 bits per heavy atom. The highest BCUT2D eigenvalue weighted by atomic mass is 16.5. The zero-order valence-corrected chi connectivity index (χ0v) is 15.1. The Morgan fingerprint density at radius 2 is 2.08 bits per heavy atom. The molecular weight excluding hydrogens is 336 g/mol. The average Bonchev–Trinajstić information content (AvgIpc) is 3.16. The van der Waals surface area contributed by atoms with Gasteiger partial charge in [0.05, 0.1) is 20.4 Å². The van der Waals surface area contributed by atoms with E-state index in [-0.39, 0.29) is 0 Å². The van der Waals surface area contributed by atoms with E-state index in [0.29, 0.717) is 32.1 Å². The number of hydrogen-bond acceptors (Lipinski definition) is 7. The molecule has 26 heavy (non-hydrogen) atoms. The van der Waals surface area contributed by atoms with Gasteiger partial charge in [0.1, 0.15) is 5.75 Å². The highest BCUT2D eigenvalue weighted by Crippen LogP contribution is 2.32. The van der Waals surface area contributed by atoms with Gasteiger partial charge in [0.15, 0.2) is 0 Å². The molecule has 0 bridgehead atoms. The van der Waals surface area contributed by atoms with Crippen LogP contribution >= 0.6 is 0 Å². The topological polar surface area (TPSA) is 85.1 Å². The molecule has 3 rings (SSSR count). The largest absolute Gasteiger partial charge is 0.496 e. The third kappa shape index (κ3) is 3.85. The SMILES string of the molecule is COC(=O)N(CC1CCOCC1)C1(Cc2ccccc2OC)C=NN=N1. The lowest BCUT2D eigenvalue weighted by Gasteiger charge is -2.37. The van der Waals surface area contributed by atoms with E-state index in [0.717, 1.165) is 24.2 Å². The number of methoxy groups -OCH3 is 2. The first-order valence-corrected chi connectivity index (χ1v) is 8.70. The first-order valence-electron chi connectivity index (χ1n) is 8.70. The lowest BCUT2D eigenvalue weighted by molar-refractivity contribution is 0.0352. The van der Waals surface area contributed by atoms with Crippen molar-refractivity contribution in [3.05, 3.63) is 29.8 Å². The summed E-state index contributed by atoms with van der Waals surface area (Å²) in [6.45, 7) is 1.92. The van der Waals surface area contributed by atoms with Crippen LogP contribution in [-0.4, -0.2) is 56.8 Å². The van der Waals surface area contributed by atoms with Crippen LogP contribution in [0.5, 0.6) is 5.75 Å². The fourth-order valence-electron chi connectivity index (χ4n) is 3.36. The van der Waals surface area contributed by atoms with Crippen LogP contribution in [-0.2, 0) is 15.9 Å². The van der Waals surface area contributed by atoms with E-state index in [1.165, 1.54) is 7.11 Å². The van der Waals surface area contributed by atoms with Crippen LogP contribution in [0.1, 0.15) is 18.4 Å². The van der Waals surface area contributed by atoms with Crippen LogP contribution < -0.4 is 4.74 Å². The highest BCUT2D eigenvalue weighted by molar-refractivity contribution is 5.80. The number of carbonyl (C=O) groups excluding carboxylic acids is 1. The molecule has 1 fully saturated rings. The monoisotopic (exact) mass is 360 g/mol. The minimum Gasteiger partial charge on any atom is -0.496 e. The van der Waals surface area contributed by atoms with Crippen molar-refractivity contribution < 1.29 is 19.0 Å². The summed E-state index contributed by atoms with van der Waals surface area (Å²) in [5, 5.41) is 12.1. The summed E-state index contributed by atoms with van der Waals surface area (Å²) in [6, 6.07) is 7.66. The smallest absolute Gasteiger partial charge is 0.411 e. The summed E-state index contributed by atoms with van der Waals surface area (Å²) in [5.41, 5.74) is -0.0942. The number of amides is 1. The number of para-hydroxylation sites is 1. The molecule has 1 unspecified atom stereocenters. The van der Waals surface area contributed by atoms with Crippen molar-refractivity contribution in [1.29, 1.82) is 0 Å². The molecule has 1 atom stereocenters. The van der Waals surface area contributed by atoms with Crippen molar-refractivity contribution in [3.63, 3.8) is 0 Å². The van der Waals surface area contributed by atoms with Gasteiger partial charge in [-0.15, -0.1) is 10.2 Å². The normalized spacial score (nSPS) is 22.4. The van der Waals surface area contributed by atoms with E-state index >= 15 is 0 Å².